The number of nitrogens with one attached hydrogen (secondary N) is 2. The van der Waals surface area contributed by atoms with Crippen LogP contribution in [0.25, 0.3) is 0 Å². The molecule has 0 aromatic heterocycles. The molecule has 1 amide bonds. The molecule has 10 heteroatoms. The Kier molecular flexibility index (Phi) is 8.32. The third-order valence-electron chi connectivity index (χ3n) is 5.27. The second kappa shape index (κ2) is 11.4. The molecule has 3 aromatic rings. The van der Waals surface area contributed by atoms with Gasteiger partial charge in [-0.15, -0.1) is 0 Å². The van der Waals surface area contributed by atoms with Crippen molar-refractivity contribution in [3.8, 4) is 11.5 Å². The zero-order valence-corrected chi connectivity index (χ0v) is 20.5. The number of amides is 1. The molecule has 3 aromatic carbocycles. The van der Waals surface area contributed by atoms with E-state index in [2.05, 4.69) is 20.1 Å². The Bertz CT molecular complexity index is 1320. The van der Waals surface area contributed by atoms with Crippen molar-refractivity contribution in [3.05, 3.63) is 77.9 Å². The number of hydrogen-bond donors (Lipinski definition) is 3. The van der Waals surface area contributed by atoms with Gasteiger partial charge in [-0.05, 0) is 56.3 Å². The number of phenols is 1. The molecule has 0 heterocycles. The number of sulfonamides is 1. The van der Waals surface area contributed by atoms with E-state index in [1.54, 1.807) is 36.4 Å². The SMILES string of the molecule is CCN(CC)c1ccc(/C=N\NC(=O)c2cccc(S(=O)(=O)Nc3ccccc3OC)c2)c(O)c1. The lowest BCUT2D eigenvalue weighted by Gasteiger charge is -2.21. The van der Waals surface area contributed by atoms with Gasteiger partial charge in [0.1, 0.15) is 11.5 Å². The van der Waals surface area contributed by atoms with Crippen LogP contribution in [-0.4, -0.2) is 45.8 Å². The first-order valence-corrected chi connectivity index (χ1v) is 12.4. The number of rotatable bonds is 10. The van der Waals surface area contributed by atoms with Crippen molar-refractivity contribution < 1.29 is 23.1 Å². The standard InChI is InChI=1S/C25H28N4O5S/c1-4-29(5-2)20-14-13-19(23(30)16-20)17-26-27-25(31)18-9-8-10-21(15-18)35(32,33)28-22-11-6-7-12-24(22)34-3/h6-17,28,30H,4-5H2,1-3H3,(H,27,31)/b26-17-. The highest BCUT2D eigenvalue weighted by atomic mass is 32.2. The topological polar surface area (TPSA) is 120 Å². The third-order valence-corrected chi connectivity index (χ3v) is 6.63. The van der Waals surface area contributed by atoms with Crippen LogP contribution in [0.15, 0.2) is 76.7 Å². The Morgan fingerprint density at radius 2 is 1.80 bits per heavy atom. The number of methoxy groups -OCH3 is 1. The van der Waals surface area contributed by atoms with Crippen LogP contribution in [0.1, 0.15) is 29.8 Å². The number of para-hydroxylation sites is 2. The lowest BCUT2D eigenvalue weighted by atomic mass is 10.2. The summed E-state index contributed by atoms with van der Waals surface area (Å²) < 4.78 is 33.3. The lowest BCUT2D eigenvalue weighted by molar-refractivity contribution is 0.0955. The Morgan fingerprint density at radius 3 is 2.49 bits per heavy atom. The number of nitrogens with zero attached hydrogens (tertiary/aromatic N) is 2. The summed E-state index contributed by atoms with van der Waals surface area (Å²) in [7, 11) is -2.53. The Morgan fingerprint density at radius 1 is 1.06 bits per heavy atom. The average molecular weight is 497 g/mol. The zero-order valence-electron chi connectivity index (χ0n) is 19.7. The molecule has 0 aliphatic carbocycles. The predicted octanol–water partition coefficient (Wildman–Crippen LogP) is 3.81. The molecular weight excluding hydrogens is 468 g/mol. The first-order valence-electron chi connectivity index (χ1n) is 11.0. The molecular formula is C25H28N4O5S. The van der Waals surface area contributed by atoms with Crippen molar-refractivity contribution in [2.75, 3.05) is 29.8 Å². The molecule has 0 atom stereocenters. The fraction of sp³-hybridized carbons (Fsp3) is 0.200. The lowest BCUT2D eigenvalue weighted by Crippen LogP contribution is -2.21. The fourth-order valence-corrected chi connectivity index (χ4v) is 4.50. The molecule has 0 saturated carbocycles. The Hall–Kier alpha value is -4.05. The van der Waals surface area contributed by atoms with Gasteiger partial charge in [0.25, 0.3) is 15.9 Å². The molecule has 0 saturated heterocycles. The largest absolute Gasteiger partial charge is 0.507 e. The molecule has 35 heavy (non-hydrogen) atoms. The molecule has 0 bridgehead atoms. The van der Waals surface area contributed by atoms with E-state index in [1.165, 1.54) is 37.6 Å². The first kappa shape index (κ1) is 25.6. The number of hydrazone groups is 1. The van der Waals surface area contributed by atoms with Gasteiger partial charge in [-0.25, -0.2) is 13.8 Å². The number of carbonyl (C=O) groups excluding carboxylic acids is 1. The van der Waals surface area contributed by atoms with Gasteiger partial charge in [-0.2, -0.15) is 5.10 Å². The number of aromatic hydroxyl groups is 1. The predicted molar refractivity (Wildman–Crippen MR) is 137 cm³/mol. The highest BCUT2D eigenvalue weighted by Crippen LogP contribution is 2.26. The summed E-state index contributed by atoms with van der Waals surface area (Å²) in [6.45, 7) is 5.67. The average Bonchev–Trinajstić information content (AvgIpc) is 2.86. The molecule has 0 radical (unpaired) electrons. The quantitative estimate of drug-likeness (QED) is 0.290. The van der Waals surface area contributed by atoms with Crippen molar-refractivity contribution in [2.24, 2.45) is 5.10 Å². The maximum Gasteiger partial charge on any atom is 0.271 e. The summed E-state index contributed by atoms with van der Waals surface area (Å²) in [6, 6.07) is 17.4. The molecule has 0 aliphatic heterocycles. The number of carbonyl (C=O) groups is 1. The first-order chi connectivity index (χ1) is 16.8. The van der Waals surface area contributed by atoms with Crippen molar-refractivity contribution in [2.45, 2.75) is 18.7 Å². The van der Waals surface area contributed by atoms with Gasteiger partial charge >= 0.3 is 0 Å². The van der Waals surface area contributed by atoms with Crippen LogP contribution >= 0.6 is 0 Å². The normalized spacial score (nSPS) is 11.3. The minimum absolute atomic E-state index is 0.0305. The molecule has 3 rings (SSSR count). The number of anilines is 2. The number of ether oxygens (including phenoxy) is 1. The summed E-state index contributed by atoms with van der Waals surface area (Å²) in [6.07, 6.45) is 1.32. The molecule has 0 unspecified atom stereocenters. The molecule has 184 valence electrons. The van der Waals surface area contributed by atoms with Crippen LogP contribution < -0.4 is 19.8 Å². The van der Waals surface area contributed by atoms with Gasteiger partial charge in [-0.3, -0.25) is 9.52 Å². The van der Waals surface area contributed by atoms with Gasteiger partial charge in [-0.1, -0.05) is 18.2 Å². The zero-order chi connectivity index (χ0) is 25.4. The van der Waals surface area contributed by atoms with E-state index in [9.17, 15) is 18.3 Å². The molecule has 0 fully saturated rings. The Labute approximate surface area is 205 Å². The molecule has 3 N–H and O–H groups in total. The minimum atomic E-state index is -3.97. The van der Waals surface area contributed by atoms with Gasteiger partial charge in [0.2, 0.25) is 0 Å². The maximum atomic E-state index is 12.8. The number of hydrogen-bond acceptors (Lipinski definition) is 7. The summed E-state index contributed by atoms with van der Waals surface area (Å²) in [5, 5.41) is 14.2. The van der Waals surface area contributed by atoms with Crippen molar-refractivity contribution in [1.82, 2.24) is 5.43 Å². The Balaban J connectivity index is 1.72. The summed E-state index contributed by atoms with van der Waals surface area (Å²) in [5.74, 6) is -0.203. The number of benzene rings is 3. The fourth-order valence-electron chi connectivity index (χ4n) is 3.39. The number of phenolic OH excluding ortho intramolecular Hbond substituents is 1. The van der Waals surface area contributed by atoms with Crippen LogP contribution in [0.5, 0.6) is 11.5 Å². The van der Waals surface area contributed by atoms with Crippen molar-refractivity contribution in [3.63, 3.8) is 0 Å². The van der Waals surface area contributed by atoms with Crippen LogP contribution in [-0.2, 0) is 10.0 Å². The smallest absolute Gasteiger partial charge is 0.271 e. The summed E-state index contributed by atoms with van der Waals surface area (Å²) in [4.78, 5) is 14.5. The third kappa shape index (κ3) is 6.30. The van der Waals surface area contributed by atoms with Crippen molar-refractivity contribution >= 4 is 33.5 Å². The van der Waals surface area contributed by atoms with Crippen LogP contribution in [0.2, 0.25) is 0 Å². The monoisotopic (exact) mass is 496 g/mol. The molecule has 0 aliphatic rings. The minimum Gasteiger partial charge on any atom is -0.507 e. The summed E-state index contributed by atoms with van der Waals surface area (Å²) in [5.41, 5.74) is 4.05. The van der Waals surface area contributed by atoms with Crippen LogP contribution in [0, 0.1) is 0 Å². The van der Waals surface area contributed by atoms with E-state index in [-0.39, 0.29) is 21.9 Å². The molecule has 9 nitrogen and oxygen atoms in total. The second-order valence-electron chi connectivity index (χ2n) is 7.45. The van der Waals surface area contributed by atoms with Crippen LogP contribution in [0.3, 0.4) is 0 Å². The van der Waals surface area contributed by atoms with Crippen LogP contribution in [0.4, 0.5) is 11.4 Å². The highest BCUT2D eigenvalue weighted by molar-refractivity contribution is 7.92. The molecule has 0 spiro atoms. The highest BCUT2D eigenvalue weighted by Gasteiger charge is 2.18. The van der Waals surface area contributed by atoms with Crippen molar-refractivity contribution in [1.29, 1.82) is 0 Å². The van der Waals surface area contributed by atoms with Gasteiger partial charge in [0.05, 0.1) is 23.9 Å². The van der Waals surface area contributed by atoms with E-state index in [0.717, 1.165) is 18.8 Å². The second-order valence-corrected chi connectivity index (χ2v) is 9.13. The van der Waals surface area contributed by atoms with E-state index in [4.69, 9.17) is 4.74 Å². The van der Waals surface area contributed by atoms with E-state index >= 15 is 0 Å². The van der Waals surface area contributed by atoms with Gasteiger partial charge < -0.3 is 14.7 Å². The summed E-state index contributed by atoms with van der Waals surface area (Å²) >= 11 is 0. The van der Waals surface area contributed by atoms with E-state index in [0.29, 0.717) is 11.3 Å². The van der Waals surface area contributed by atoms with Gasteiger partial charge in [0, 0.05) is 36.0 Å². The maximum absolute atomic E-state index is 12.8. The van der Waals surface area contributed by atoms with E-state index < -0.39 is 15.9 Å². The van der Waals surface area contributed by atoms with Gasteiger partial charge in [0.15, 0.2) is 0 Å². The van der Waals surface area contributed by atoms with E-state index in [1.807, 2.05) is 19.9 Å².